The van der Waals surface area contributed by atoms with E-state index >= 15 is 0 Å². The Morgan fingerprint density at radius 1 is 0.780 bits per heavy atom. The van der Waals surface area contributed by atoms with Gasteiger partial charge in [0.25, 0.3) is 0 Å². The lowest BCUT2D eigenvalue weighted by Gasteiger charge is -2.50. The molecule has 0 rings (SSSR count). The van der Waals surface area contributed by atoms with Crippen LogP contribution in [0.15, 0.2) is 25.3 Å². The summed E-state index contributed by atoms with van der Waals surface area (Å²) >= 11 is 0. The van der Waals surface area contributed by atoms with E-state index in [4.69, 9.17) is 22.8 Å². The molecule has 0 fully saturated rings. The maximum absolute atomic E-state index is 12.6. The molecule has 41 heavy (non-hydrogen) atoms. The maximum atomic E-state index is 12.6. The second-order valence-electron chi connectivity index (χ2n) is 12.6. The van der Waals surface area contributed by atoms with E-state index in [0.717, 1.165) is 37.1 Å². The quantitative estimate of drug-likeness (QED) is 0.0481. The van der Waals surface area contributed by atoms with E-state index < -0.39 is 48.5 Å². The number of ether oxygens (including phenoxy) is 3. The molecule has 0 saturated carbocycles. The van der Waals surface area contributed by atoms with E-state index in [-0.39, 0.29) is 25.0 Å². The number of carbonyl (C=O) groups is 3. The predicted octanol–water partition coefficient (Wildman–Crippen LogP) is 6.87. The highest BCUT2D eigenvalue weighted by molar-refractivity contribution is 6.87. The van der Waals surface area contributed by atoms with Crippen LogP contribution in [-0.4, -0.2) is 73.6 Å². The van der Waals surface area contributed by atoms with E-state index in [0.29, 0.717) is 6.42 Å². The van der Waals surface area contributed by atoms with Crippen LogP contribution < -0.4 is 5.32 Å². The van der Waals surface area contributed by atoms with Crippen LogP contribution in [0.25, 0.3) is 0 Å². The molecule has 1 amide bonds. The van der Waals surface area contributed by atoms with Gasteiger partial charge < -0.3 is 28.1 Å². The van der Waals surface area contributed by atoms with Crippen molar-refractivity contribution in [3.8, 4) is 0 Å². The molecule has 0 aliphatic rings. The fourth-order valence-electron chi connectivity index (χ4n) is 5.02. The van der Waals surface area contributed by atoms with Crippen molar-refractivity contribution in [3.05, 3.63) is 25.3 Å². The van der Waals surface area contributed by atoms with Gasteiger partial charge in [-0.2, -0.15) is 0 Å². The summed E-state index contributed by atoms with van der Waals surface area (Å²) in [6.07, 6.45) is 6.21. The van der Waals surface area contributed by atoms with Gasteiger partial charge in [0.15, 0.2) is 16.6 Å². The lowest BCUT2D eigenvalue weighted by Crippen LogP contribution is -2.64. The molecule has 1 N–H and O–H groups in total. The predicted molar refractivity (Wildman–Crippen MR) is 172 cm³/mol. The highest BCUT2D eigenvalue weighted by Gasteiger charge is 2.51. The molecule has 238 valence electrons. The number of unbranched alkanes of at least 4 members (excludes halogenated alkanes) is 1. The summed E-state index contributed by atoms with van der Waals surface area (Å²) in [6.45, 7) is 28.4. The van der Waals surface area contributed by atoms with Crippen LogP contribution in [0.4, 0.5) is 4.79 Å². The van der Waals surface area contributed by atoms with Crippen LogP contribution in [0.3, 0.4) is 0 Å². The van der Waals surface area contributed by atoms with Crippen LogP contribution in [0.2, 0.25) is 51.4 Å². The number of hydrogen-bond donors (Lipinski definition) is 1. The molecule has 0 spiro atoms. The Hall–Kier alpha value is -1.74. The minimum Gasteiger partial charge on any atom is -0.460 e. The fraction of sp³-hybridized carbons (Fsp3) is 0.759. The highest BCUT2D eigenvalue weighted by atomic mass is 28.4. The van der Waals surface area contributed by atoms with Crippen molar-refractivity contribution < 1.29 is 37.1 Å². The van der Waals surface area contributed by atoms with Crippen LogP contribution in [0.5, 0.6) is 0 Å². The lowest BCUT2D eigenvalue weighted by molar-refractivity contribution is -0.144. The third kappa shape index (κ3) is 14.3. The van der Waals surface area contributed by atoms with Gasteiger partial charge in [0.1, 0.15) is 18.8 Å². The van der Waals surface area contributed by atoms with E-state index in [1.54, 1.807) is 6.92 Å². The Morgan fingerprint density at radius 2 is 1.27 bits per heavy atom. The van der Waals surface area contributed by atoms with Gasteiger partial charge in [-0.25, -0.2) is 14.4 Å². The van der Waals surface area contributed by atoms with Crippen molar-refractivity contribution in [1.82, 2.24) is 5.32 Å². The molecular formula is C29H57NO8Si3. The topological polar surface area (TPSA) is 109 Å². The molecule has 0 aliphatic heterocycles. The molecule has 0 heterocycles. The van der Waals surface area contributed by atoms with Crippen molar-refractivity contribution in [2.45, 2.75) is 122 Å². The Bertz CT molecular complexity index is 848. The number of esters is 2. The van der Waals surface area contributed by atoms with Crippen molar-refractivity contribution in [2.24, 2.45) is 0 Å². The lowest BCUT2D eigenvalue weighted by atomic mass is 10.1. The van der Waals surface area contributed by atoms with Crippen molar-refractivity contribution in [1.29, 1.82) is 0 Å². The van der Waals surface area contributed by atoms with E-state index in [2.05, 4.69) is 78.5 Å². The summed E-state index contributed by atoms with van der Waals surface area (Å²) < 4.78 is 29.7. The minimum atomic E-state index is -2.27. The second kappa shape index (κ2) is 17.4. The van der Waals surface area contributed by atoms with Gasteiger partial charge in [0.2, 0.25) is 8.32 Å². The number of amides is 1. The first-order valence-electron chi connectivity index (χ1n) is 14.8. The van der Waals surface area contributed by atoms with Gasteiger partial charge in [-0.1, -0.05) is 46.8 Å². The average Bonchev–Trinajstić information content (AvgIpc) is 2.89. The van der Waals surface area contributed by atoms with Crippen molar-refractivity contribution in [3.63, 3.8) is 0 Å². The number of nitrogens with one attached hydrogen (secondary N) is 1. The monoisotopic (exact) mass is 631 g/mol. The zero-order valence-electron chi connectivity index (χ0n) is 27.4. The standard InChI is InChI=1S/C29H57NO8Si3/c1-13-18-21-39(7,8)37-29(16-4,17-5)41(11,12)38-40(9,10)22-19-20-34-27(33)30-28(6,23-35-25(31)14-2)24-36-26(32)15-3/h14-15H,2-3,13,16-24H2,1,4-12H3,(H,30,33). The van der Waals surface area contributed by atoms with Crippen LogP contribution >= 0.6 is 0 Å². The summed E-state index contributed by atoms with van der Waals surface area (Å²) in [4.78, 5) is 35.6. The molecule has 0 unspecified atom stereocenters. The molecule has 0 radical (unpaired) electrons. The molecule has 0 aromatic heterocycles. The first kappa shape index (κ1) is 39.3. The van der Waals surface area contributed by atoms with Crippen molar-refractivity contribution >= 4 is 43.0 Å². The Kier molecular flexibility index (Phi) is 16.7. The fourth-order valence-corrected chi connectivity index (χ4v) is 18.9. The third-order valence-electron chi connectivity index (χ3n) is 7.33. The van der Waals surface area contributed by atoms with E-state index in [1.165, 1.54) is 12.8 Å². The normalized spacial score (nSPS) is 12.8. The Morgan fingerprint density at radius 3 is 1.71 bits per heavy atom. The molecule has 0 aromatic rings. The zero-order valence-corrected chi connectivity index (χ0v) is 30.4. The minimum absolute atomic E-state index is 0.197. The van der Waals surface area contributed by atoms with Crippen molar-refractivity contribution in [2.75, 3.05) is 19.8 Å². The summed E-state index contributed by atoms with van der Waals surface area (Å²) in [5.74, 6) is -1.32. The van der Waals surface area contributed by atoms with Gasteiger partial charge in [0, 0.05) is 12.2 Å². The van der Waals surface area contributed by atoms with E-state index in [1.807, 2.05) is 0 Å². The number of alkyl carbamates (subject to hydrolysis) is 1. The van der Waals surface area contributed by atoms with Gasteiger partial charge in [-0.3, -0.25) is 0 Å². The van der Waals surface area contributed by atoms with Gasteiger partial charge in [-0.05, 0) is 77.6 Å². The second-order valence-corrected chi connectivity index (χ2v) is 25.6. The van der Waals surface area contributed by atoms with Gasteiger partial charge in [0.05, 0.1) is 11.8 Å². The van der Waals surface area contributed by atoms with Crippen LogP contribution in [0, 0.1) is 0 Å². The first-order valence-corrected chi connectivity index (χ1v) is 23.9. The molecule has 0 bridgehead atoms. The molecule has 9 nitrogen and oxygen atoms in total. The molecule has 0 atom stereocenters. The van der Waals surface area contributed by atoms with Gasteiger partial charge >= 0.3 is 18.0 Å². The maximum Gasteiger partial charge on any atom is 0.407 e. The molecule has 0 saturated heterocycles. The molecule has 12 heteroatoms. The number of hydrogen-bond acceptors (Lipinski definition) is 8. The largest absolute Gasteiger partial charge is 0.460 e. The summed E-state index contributed by atoms with van der Waals surface area (Å²) in [7, 11) is -6.21. The number of carbonyl (C=O) groups excluding carboxylic acids is 3. The first-order chi connectivity index (χ1) is 18.9. The smallest absolute Gasteiger partial charge is 0.407 e. The summed E-state index contributed by atoms with van der Waals surface area (Å²) in [6, 6.07) is 1.98. The Balaban J connectivity index is 5.19. The summed E-state index contributed by atoms with van der Waals surface area (Å²) in [5.41, 5.74) is -1.20. The van der Waals surface area contributed by atoms with Crippen LogP contribution in [0.1, 0.15) is 59.8 Å². The van der Waals surface area contributed by atoms with Crippen LogP contribution in [-0.2, 0) is 32.3 Å². The highest BCUT2D eigenvalue weighted by Crippen LogP contribution is 2.39. The number of rotatable bonds is 21. The zero-order chi connectivity index (χ0) is 32.0. The van der Waals surface area contributed by atoms with E-state index in [9.17, 15) is 14.4 Å². The third-order valence-corrected chi connectivity index (χ3v) is 18.9. The molecule has 0 aliphatic carbocycles. The average molecular weight is 632 g/mol. The molecule has 0 aromatic carbocycles. The summed E-state index contributed by atoms with van der Waals surface area (Å²) in [5, 5.41) is 2.42. The van der Waals surface area contributed by atoms with Gasteiger partial charge in [-0.15, -0.1) is 0 Å². The SMILES string of the molecule is C=CC(=O)OCC(C)(COC(=O)C=C)NC(=O)OCCC[Si](C)(C)O[Si](C)(C)C(CC)(CC)O[Si](C)(C)CCCC. The molecular weight excluding hydrogens is 575 g/mol. The Labute approximate surface area is 252 Å².